The summed E-state index contributed by atoms with van der Waals surface area (Å²) in [7, 11) is 3.15. The van der Waals surface area contributed by atoms with E-state index in [9.17, 15) is 41.0 Å². The molecule has 0 spiro atoms. The largest absolute Gasteiger partial charge is 0.508 e. The lowest BCUT2D eigenvalue weighted by Crippen LogP contribution is -2.40. The molecule has 0 aliphatic rings. The average molecular weight is 620 g/mol. The standard InChI is InChI=1S/C32H31F6N3O3/c1-40-19-22(27-5-3-4-6-28(27)40)17-25(9-12-29(43)39-14-13-20-7-10-26(42)11-8-20)41(2)30(44)21-15-23(31(33,34)35)18-24(16-21)32(36,37)38/h3-8,10-11,15-16,18-19,25,42H,9,12-14,17H2,1-2H3,(H,39,43). The molecule has 2 N–H and O–H groups in total. The maximum atomic E-state index is 13.5. The Labute approximate surface area is 249 Å². The Kier molecular flexibility index (Phi) is 9.60. The third-order valence-electron chi connectivity index (χ3n) is 7.51. The van der Waals surface area contributed by atoms with E-state index >= 15 is 0 Å². The fourth-order valence-electron chi connectivity index (χ4n) is 5.12. The molecule has 44 heavy (non-hydrogen) atoms. The molecule has 4 aromatic rings. The summed E-state index contributed by atoms with van der Waals surface area (Å²) < 4.78 is 82.8. The molecule has 1 aromatic heterocycles. The number of benzene rings is 3. The number of carbonyl (C=O) groups excluding carboxylic acids is 2. The van der Waals surface area contributed by atoms with Gasteiger partial charge in [0.2, 0.25) is 5.91 Å². The number of aromatic hydroxyl groups is 1. The number of alkyl halides is 6. The number of nitrogens with zero attached hydrogens (tertiary/aromatic N) is 2. The predicted molar refractivity (Wildman–Crippen MR) is 153 cm³/mol. The number of nitrogens with one attached hydrogen (secondary N) is 1. The number of fused-ring (bicyclic) bond motifs is 1. The van der Waals surface area contributed by atoms with Crippen LogP contribution >= 0.6 is 0 Å². The van der Waals surface area contributed by atoms with Crippen LogP contribution in [-0.4, -0.2) is 46.0 Å². The third-order valence-corrected chi connectivity index (χ3v) is 7.51. The minimum atomic E-state index is -5.10. The number of aromatic nitrogens is 1. The first-order valence-electron chi connectivity index (χ1n) is 13.8. The van der Waals surface area contributed by atoms with E-state index in [1.165, 1.54) is 19.2 Å². The molecule has 1 atom stereocenters. The van der Waals surface area contributed by atoms with Gasteiger partial charge in [-0.15, -0.1) is 0 Å². The SMILES string of the molecule is CN(C(=O)c1cc(C(F)(F)F)cc(C(F)(F)F)c1)C(CCC(=O)NCCc1ccc(O)cc1)Cc1cn(C)c2ccccc12. The number of amides is 2. The molecule has 0 saturated carbocycles. The first-order chi connectivity index (χ1) is 20.6. The molecular formula is C32H31F6N3O3. The van der Waals surface area contributed by atoms with Crippen molar-refractivity contribution in [2.45, 2.75) is 44.1 Å². The molecule has 3 aromatic carbocycles. The van der Waals surface area contributed by atoms with E-state index in [1.807, 2.05) is 42.1 Å². The molecule has 0 fully saturated rings. The van der Waals surface area contributed by atoms with Crippen molar-refractivity contribution in [2.24, 2.45) is 7.05 Å². The van der Waals surface area contributed by atoms with Crippen LogP contribution in [0.5, 0.6) is 5.75 Å². The lowest BCUT2D eigenvalue weighted by Gasteiger charge is -2.29. The van der Waals surface area contributed by atoms with Crippen LogP contribution in [0.25, 0.3) is 10.9 Å². The molecule has 4 rings (SSSR count). The van der Waals surface area contributed by atoms with Gasteiger partial charge in [-0.2, -0.15) is 26.3 Å². The van der Waals surface area contributed by atoms with Gasteiger partial charge in [0.25, 0.3) is 5.91 Å². The molecule has 0 bridgehead atoms. The van der Waals surface area contributed by atoms with Gasteiger partial charge in [-0.25, -0.2) is 0 Å². The molecule has 12 heteroatoms. The molecule has 234 valence electrons. The molecule has 1 unspecified atom stereocenters. The summed E-state index contributed by atoms with van der Waals surface area (Å²) in [5.74, 6) is -1.24. The van der Waals surface area contributed by atoms with Crippen LogP contribution in [0, 0.1) is 0 Å². The first-order valence-corrected chi connectivity index (χ1v) is 13.8. The van der Waals surface area contributed by atoms with Crippen LogP contribution in [-0.2, 0) is 37.0 Å². The Morgan fingerprint density at radius 3 is 2.16 bits per heavy atom. The van der Waals surface area contributed by atoms with Gasteiger partial charge in [0, 0.05) is 55.8 Å². The summed E-state index contributed by atoms with van der Waals surface area (Å²) in [4.78, 5) is 27.3. The zero-order valence-corrected chi connectivity index (χ0v) is 24.0. The number of halogens is 6. The second kappa shape index (κ2) is 13.0. The lowest BCUT2D eigenvalue weighted by atomic mass is 9.98. The third kappa shape index (κ3) is 7.91. The highest BCUT2D eigenvalue weighted by molar-refractivity contribution is 5.95. The molecule has 0 radical (unpaired) electrons. The maximum absolute atomic E-state index is 13.5. The van der Waals surface area contributed by atoms with E-state index in [-0.39, 0.29) is 37.0 Å². The molecular weight excluding hydrogens is 588 g/mol. The zero-order valence-electron chi connectivity index (χ0n) is 24.0. The van der Waals surface area contributed by atoms with Crippen molar-refractivity contribution >= 4 is 22.7 Å². The van der Waals surface area contributed by atoms with Gasteiger partial charge >= 0.3 is 12.4 Å². The van der Waals surface area contributed by atoms with E-state index in [1.54, 1.807) is 12.1 Å². The minimum absolute atomic E-state index is 0.0210. The van der Waals surface area contributed by atoms with Crippen molar-refractivity contribution in [3.05, 3.63) is 101 Å². The van der Waals surface area contributed by atoms with Gasteiger partial charge < -0.3 is 19.9 Å². The Hall–Kier alpha value is -4.48. The van der Waals surface area contributed by atoms with Crippen LogP contribution in [0.1, 0.15) is 45.5 Å². The fourth-order valence-corrected chi connectivity index (χ4v) is 5.12. The molecule has 0 saturated heterocycles. The van der Waals surface area contributed by atoms with E-state index < -0.39 is 41.0 Å². The second-order valence-electron chi connectivity index (χ2n) is 10.7. The van der Waals surface area contributed by atoms with Crippen molar-refractivity contribution in [1.82, 2.24) is 14.8 Å². The Morgan fingerprint density at radius 1 is 0.932 bits per heavy atom. The van der Waals surface area contributed by atoms with Crippen molar-refractivity contribution in [3.63, 3.8) is 0 Å². The number of hydrogen-bond donors (Lipinski definition) is 2. The van der Waals surface area contributed by atoms with Gasteiger partial charge in [0.15, 0.2) is 0 Å². The quantitative estimate of drug-likeness (QED) is 0.193. The Balaban J connectivity index is 1.57. The van der Waals surface area contributed by atoms with Crippen LogP contribution in [0.4, 0.5) is 26.3 Å². The number of phenols is 1. The summed E-state index contributed by atoms with van der Waals surface area (Å²) in [6.45, 7) is 0.302. The summed E-state index contributed by atoms with van der Waals surface area (Å²) in [5, 5.41) is 13.1. The number of para-hydroxylation sites is 1. The highest BCUT2D eigenvalue weighted by atomic mass is 19.4. The predicted octanol–water partition coefficient (Wildman–Crippen LogP) is 6.74. The van der Waals surface area contributed by atoms with Crippen molar-refractivity contribution in [2.75, 3.05) is 13.6 Å². The monoisotopic (exact) mass is 619 g/mol. The van der Waals surface area contributed by atoms with E-state index in [0.717, 1.165) is 26.9 Å². The van der Waals surface area contributed by atoms with Crippen molar-refractivity contribution in [3.8, 4) is 5.75 Å². The highest BCUT2D eigenvalue weighted by Crippen LogP contribution is 2.37. The van der Waals surface area contributed by atoms with E-state index in [0.29, 0.717) is 25.1 Å². The molecule has 6 nitrogen and oxygen atoms in total. The maximum Gasteiger partial charge on any atom is 0.416 e. The van der Waals surface area contributed by atoms with Crippen LogP contribution in [0.2, 0.25) is 0 Å². The van der Waals surface area contributed by atoms with Gasteiger partial charge in [-0.3, -0.25) is 9.59 Å². The highest BCUT2D eigenvalue weighted by Gasteiger charge is 2.38. The topological polar surface area (TPSA) is 74.6 Å². The van der Waals surface area contributed by atoms with Crippen LogP contribution in [0.15, 0.2) is 72.9 Å². The molecule has 0 aliphatic heterocycles. The number of hydrogen-bond acceptors (Lipinski definition) is 3. The molecule has 0 aliphatic carbocycles. The summed E-state index contributed by atoms with van der Waals surface area (Å²) >= 11 is 0. The second-order valence-corrected chi connectivity index (χ2v) is 10.7. The van der Waals surface area contributed by atoms with Gasteiger partial charge in [-0.05, 0) is 66.8 Å². The number of aryl methyl sites for hydroxylation is 1. The Morgan fingerprint density at radius 2 is 1.55 bits per heavy atom. The van der Waals surface area contributed by atoms with Gasteiger partial charge in [-0.1, -0.05) is 30.3 Å². The van der Waals surface area contributed by atoms with Crippen LogP contribution < -0.4 is 5.32 Å². The van der Waals surface area contributed by atoms with Crippen LogP contribution in [0.3, 0.4) is 0 Å². The normalized spacial score (nSPS) is 12.7. The number of carbonyl (C=O) groups is 2. The molecule has 1 heterocycles. The van der Waals surface area contributed by atoms with Crippen molar-refractivity contribution < 1.29 is 41.0 Å². The van der Waals surface area contributed by atoms with Crippen molar-refractivity contribution in [1.29, 1.82) is 0 Å². The number of likely N-dealkylation sites (N-methyl/N-ethyl adjacent to an activating group) is 1. The Bertz CT molecular complexity index is 1590. The van der Waals surface area contributed by atoms with Gasteiger partial charge in [0.1, 0.15) is 5.75 Å². The van der Waals surface area contributed by atoms with E-state index in [4.69, 9.17) is 0 Å². The smallest absolute Gasteiger partial charge is 0.416 e. The molecule has 2 amide bonds. The van der Waals surface area contributed by atoms with E-state index in [2.05, 4.69) is 5.32 Å². The minimum Gasteiger partial charge on any atom is -0.508 e. The number of rotatable bonds is 10. The average Bonchev–Trinajstić information content (AvgIpc) is 3.29. The summed E-state index contributed by atoms with van der Waals surface area (Å²) in [6.07, 6.45) is -7.60. The lowest BCUT2D eigenvalue weighted by molar-refractivity contribution is -0.143. The summed E-state index contributed by atoms with van der Waals surface area (Å²) in [6, 6.07) is 14.0. The zero-order chi connectivity index (χ0) is 32.2. The van der Waals surface area contributed by atoms with Gasteiger partial charge in [0.05, 0.1) is 11.1 Å². The number of phenolic OH excluding ortho intramolecular Hbond substituents is 1. The fraction of sp³-hybridized carbons (Fsp3) is 0.312. The summed E-state index contributed by atoms with van der Waals surface area (Å²) in [5.41, 5.74) is -1.32. The first kappa shape index (κ1) is 32.4.